The van der Waals surface area contributed by atoms with Gasteiger partial charge in [-0.15, -0.1) is 0 Å². The van der Waals surface area contributed by atoms with Crippen molar-refractivity contribution in [2.24, 2.45) is 5.92 Å². The van der Waals surface area contributed by atoms with E-state index in [0.717, 1.165) is 25.9 Å². The van der Waals surface area contributed by atoms with Crippen molar-refractivity contribution >= 4 is 15.9 Å². The van der Waals surface area contributed by atoms with Crippen molar-refractivity contribution in [3.05, 3.63) is 15.9 Å². The summed E-state index contributed by atoms with van der Waals surface area (Å²) in [5.74, 6) is 0.686. The number of nitrogens with one attached hydrogen (secondary N) is 1. The molecular weight excluding hydrogens is 314 g/mol. The first-order chi connectivity index (χ1) is 9.53. The molecule has 0 fully saturated rings. The molecule has 1 aromatic rings. The fourth-order valence-corrected chi connectivity index (χ4v) is 3.30. The highest BCUT2D eigenvalue weighted by atomic mass is 79.9. The molecule has 0 aliphatic heterocycles. The molecule has 1 heterocycles. The summed E-state index contributed by atoms with van der Waals surface area (Å²) in [5.41, 5.74) is 2.56. The van der Waals surface area contributed by atoms with Crippen LogP contribution in [0.25, 0.3) is 0 Å². The van der Waals surface area contributed by atoms with E-state index in [1.807, 2.05) is 0 Å². The second kappa shape index (κ2) is 8.83. The Morgan fingerprint density at radius 2 is 1.95 bits per heavy atom. The molecule has 20 heavy (non-hydrogen) atoms. The van der Waals surface area contributed by atoms with Crippen molar-refractivity contribution in [1.82, 2.24) is 15.1 Å². The Morgan fingerprint density at radius 3 is 2.45 bits per heavy atom. The zero-order valence-corrected chi connectivity index (χ0v) is 15.3. The van der Waals surface area contributed by atoms with Crippen LogP contribution in [0.5, 0.6) is 0 Å². The summed E-state index contributed by atoms with van der Waals surface area (Å²) in [4.78, 5) is 0. The van der Waals surface area contributed by atoms with E-state index in [4.69, 9.17) is 5.10 Å². The van der Waals surface area contributed by atoms with Crippen molar-refractivity contribution in [1.29, 1.82) is 0 Å². The average Bonchev–Trinajstić information content (AvgIpc) is 2.72. The Kier molecular flexibility index (Phi) is 7.82. The van der Waals surface area contributed by atoms with Crippen molar-refractivity contribution in [3.8, 4) is 0 Å². The lowest BCUT2D eigenvalue weighted by Crippen LogP contribution is -2.30. The maximum absolute atomic E-state index is 4.70. The molecule has 1 rings (SSSR count). The summed E-state index contributed by atoms with van der Waals surface area (Å²) in [6.45, 7) is 13.1. The highest BCUT2D eigenvalue weighted by Crippen LogP contribution is 2.26. The van der Waals surface area contributed by atoms with Crippen LogP contribution in [0.15, 0.2) is 4.47 Å². The van der Waals surface area contributed by atoms with E-state index in [1.54, 1.807) is 0 Å². The van der Waals surface area contributed by atoms with E-state index in [9.17, 15) is 0 Å². The molecule has 0 amide bonds. The standard InChI is InChI=1S/C16H30BrN3/c1-6-9-13(11-18-12(4)5)10-15-16(17)14(7-2)19-20(15)8-3/h12-13,18H,6-11H2,1-5H3. The van der Waals surface area contributed by atoms with Crippen LogP contribution in [0, 0.1) is 5.92 Å². The topological polar surface area (TPSA) is 29.9 Å². The molecule has 1 aromatic heterocycles. The maximum atomic E-state index is 4.70. The SMILES string of the molecule is CCCC(CNC(C)C)Cc1c(Br)c(CC)nn1CC. The third-order valence-electron chi connectivity index (χ3n) is 3.69. The molecule has 0 radical (unpaired) electrons. The van der Waals surface area contributed by atoms with E-state index in [2.05, 4.69) is 60.5 Å². The van der Waals surface area contributed by atoms with Gasteiger partial charge in [-0.25, -0.2) is 0 Å². The van der Waals surface area contributed by atoms with Gasteiger partial charge >= 0.3 is 0 Å². The summed E-state index contributed by atoms with van der Waals surface area (Å²) in [6.07, 6.45) is 4.60. The molecule has 0 aromatic carbocycles. The van der Waals surface area contributed by atoms with Crippen LogP contribution in [-0.4, -0.2) is 22.4 Å². The molecule has 1 atom stereocenters. The van der Waals surface area contributed by atoms with E-state index in [-0.39, 0.29) is 0 Å². The number of aryl methyl sites for hydroxylation is 2. The molecule has 1 N–H and O–H groups in total. The van der Waals surface area contributed by atoms with Crippen molar-refractivity contribution < 1.29 is 0 Å². The smallest absolute Gasteiger partial charge is 0.0766 e. The van der Waals surface area contributed by atoms with Crippen LogP contribution < -0.4 is 5.32 Å². The molecule has 0 saturated carbocycles. The zero-order chi connectivity index (χ0) is 15.1. The van der Waals surface area contributed by atoms with Crippen LogP contribution in [-0.2, 0) is 19.4 Å². The Balaban J connectivity index is 2.83. The highest BCUT2D eigenvalue weighted by Gasteiger charge is 2.18. The van der Waals surface area contributed by atoms with Crippen LogP contribution in [0.4, 0.5) is 0 Å². The Hall–Kier alpha value is -0.350. The fourth-order valence-electron chi connectivity index (χ4n) is 2.57. The van der Waals surface area contributed by atoms with Gasteiger partial charge in [0, 0.05) is 12.6 Å². The molecule has 0 bridgehead atoms. The van der Waals surface area contributed by atoms with Gasteiger partial charge in [0.25, 0.3) is 0 Å². The van der Waals surface area contributed by atoms with Gasteiger partial charge in [-0.3, -0.25) is 4.68 Å². The molecule has 0 saturated heterocycles. The van der Waals surface area contributed by atoms with Gasteiger partial charge in [0.15, 0.2) is 0 Å². The first-order valence-corrected chi connectivity index (χ1v) is 8.80. The Labute approximate surface area is 132 Å². The maximum Gasteiger partial charge on any atom is 0.0766 e. The van der Waals surface area contributed by atoms with Crippen molar-refractivity contribution in [3.63, 3.8) is 0 Å². The third-order valence-corrected chi connectivity index (χ3v) is 4.60. The Bertz CT molecular complexity index is 399. The van der Waals surface area contributed by atoms with E-state index < -0.39 is 0 Å². The molecule has 0 aliphatic carbocycles. The molecule has 0 spiro atoms. The van der Waals surface area contributed by atoms with E-state index in [1.165, 1.54) is 28.7 Å². The first kappa shape index (κ1) is 17.7. The number of rotatable bonds is 9. The second-order valence-electron chi connectivity index (χ2n) is 5.80. The second-order valence-corrected chi connectivity index (χ2v) is 6.59. The molecule has 1 unspecified atom stereocenters. The predicted molar refractivity (Wildman–Crippen MR) is 90.2 cm³/mol. The summed E-state index contributed by atoms with van der Waals surface area (Å²) in [5, 5.41) is 8.29. The van der Waals surface area contributed by atoms with Gasteiger partial charge in [0.2, 0.25) is 0 Å². The van der Waals surface area contributed by atoms with Crippen LogP contribution in [0.2, 0.25) is 0 Å². The highest BCUT2D eigenvalue weighted by molar-refractivity contribution is 9.10. The largest absolute Gasteiger partial charge is 0.314 e. The minimum Gasteiger partial charge on any atom is -0.314 e. The number of nitrogens with zero attached hydrogens (tertiary/aromatic N) is 2. The lowest BCUT2D eigenvalue weighted by atomic mass is 9.97. The lowest BCUT2D eigenvalue weighted by Gasteiger charge is -2.19. The monoisotopic (exact) mass is 343 g/mol. The molecule has 0 aliphatic rings. The normalized spacial score (nSPS) is 13.2. The van der Waals surface area contributed by atoms with Gasteiger partial charge in [0.05, 0.1) is 15.9 Å². The van der Waals surface area contributed by atoms with Crippen LogP contribution >= 0.6 is 15.9 Å². The average molecular weight is 344 g/mol. The van der Waals surface area contributed by atoms with E-state index in [0.29, 0.717) is 12.0 Å². The van der Waals surface area contributed by atoms with Gasteiger partial charge in [-0.1, -0.05) is 34.1 Å². The number of aromatic nitrogens is 2. The number of halogens is 1. The van der Waals surface area contributed by atoms with Crippen LogP contribution in [0.1, 0.15) is 58.8 Å². The minimum absolute atomic E-state index is 0.556. The van der Waals surface area contributed by atoms with E-state index >= 15 is 0 Å². The molecule has 116 valence electrons. The third kappa shape index (κ3) is 4.88. The summed E-state index contributed by atoms with van der Waals surface area (Å²) >= 11 is 3.76. The minimum atomic E-state index is 0.556. The lowest BCUT2D eigenvalue weighted by molar-refractivity contribution is 0.406. The summed E-state index contributed by atoms with van der Waals surface area (Å²) in [7, 11) is 0. The van der Waals surface area contributed by atoms with Crippen LogP contribution in [0.3, 0.4) is 0 Å². The first-order valence-electron chi connectivity index (χ1n) is 8.00. The van der Waals surface area contributed by atoms with Gasteiger partial charge in [0.1, 0.15) is 0 Å². The summed E-state index contributed by atoms with van der Waals surface area (Å²) < 4.78 is 3.40. The van der Waals surface area contributed by atoms with Gasteiger partial charge in [-0.05, 0) is 54.6 Å². The number of hydrogen-bond acceptors (Lipinski definition) is 2. The molecule has 3 nitrogen and oxygen atoms in total. The van der Waals surface area contributed by atoms with Crippen molar-refractivity contribution in [2.75, 3.05) is 6.54 Å². The predicted octanol–water partition coefficient (Wildman–Crippen LogP) is 4.18. The van der Waals surface area contributed by atoms with Gasteiger partial charge < -0.3 is 5.32 Å². The summed E-state index contributed by atoms with van der Waals surface area (Å²) in [6, 6.07) is 0.556. The van der Waals surface area contributed by atoms with Crippen molar-refractivity contribution in [2.45, 2.75) is 72.9 Å². The zero-order valence-electron chi connectivity index (χ0n) is 13.7. The molecular formula is C16H30BrN3. The fraction of sp³-hybridized carbons (Fsp3) is 0.812. The van der Waals surface area contributed by atoms with Gasteiger partial charge in [-0.2, -0.15) is 5.10 Å². The number of hydrogen-bond donors (Lipinski definition) is 1. The Morgan fingerprint density at radius 1 is 1.25 bits per heavy atom. The quantitative estimate of drug-likeness (QED) is 0.728. The molecule has 4 heteroatoms.